The first-order valence-corrected chi connectivity index (χ1v) is 6.57. The van der Waals surface area contributed by atoms with Gasteiger partial charge < -0.3 is 14.7 Å². The second-order valence-electron chi connectivity index (χ2n) is 5.16. The smallest absolute Gasteiger partial charge is 0.328 e. The molecule has 2 rings (SSSR count). The summed E-state index contributed by atoms with van der Waals surface area (Å²) in [5.41, 5.74) is 1.22. The molecule has 0 radical (unpaired) electrons. The van der Waals surface area contributed by atoms with Gasteiger partial charge in [0.1, 0.15) is 0 Å². The normalized spacial score (nSPS) is 19.4. The maximum absolute atomic E-state index is 12.4. The maximum Gasteiger partial charge on any atom is 0.328 e. The lowest BCUT2D eigenvalue weighted by Gasteiger charge is -2.32. The molecule has 110 valence electrons. The lowest BCUT2D eigenvalue weighted by atomic mass is 10.1. The predicted molar refractivity (Wildman–Crippen MR) is 70.6 cm³/mol. The number of aromatic nitrogens is 2. The molecule has 7 heteroatoms. The van der Waals surface area contributed by atoms with Crippen LogP contribution in [0.15, 0.2) is 6.07 Å². The van der Waals surface area contributed by atoms with Crippen molar-refractivity contribution < 1.29 is 19.4 Å². The molecular formula is C13H19N3O4. The number of carbonyl (C=O) groups is 2. The Morgan fingerprint density at radius 2 is 2.20 bits per heavy atom. The van der Waals surface area contributed by atoms with Gasteiger partial charge >= 0.3 is 5.97 Å². The number of hydrogen-bond donors (Lipinski definition) is 1. The van der Waals surface area contributed by atoms with Gasteiger partial charge in [0.15, 0.2) is 11.7 Å². The van der Waals surface area contributed by atoms with Gasteiger partial charge in [0, 0.05) is 19.3 Å². The molecule has 1 aliphatic rings. The number of nitrogens with zero attached hydrogens (tertiary/aromatic N) is 3. The van der Waals surface area contributed by atoms with Gasteiger partial charge in [-0.2, -0.15) is 5.10 Å². The van der Waals surface area contributed by atoms with Crippen LogP contribution in [0.4, 0.5) is 0 Å². The van der Waals surface area contributed by atoms with Crippen LogP contribution in [0, 0.1) is 0 Å². The third-order valence-corrected chi connectivity index (χ3v) is 3.40. The van der Waals surface area contributed by atoms with Gasteiger partial charge in [-0.1, -0.05) is 13.8 Å². The van der Waals surface area contributed by atoms with Crippen molar-refractivity contribution in [2.75, 3.05) is 19.8 Å². The molecule has 1 unspecified atom stereocenters. The second-order valence-corrected chi connectivity index (χ2v) is 5.16. The van der Waals surface area contributed by atoms with Crippen molar-refractivity contribution in [1.82, 2.24) is 14.7 Å². The minimum Gasteiger partial charge on any atom is -0.480 e. The average Bonchev–Trinajstić information content (AvgIpc) is 2.80. The van der Waals surface area contributed by atoms with Crippen molar-refractivity contribution in [2.45, 2.75) is 25.8 Å². The second kappa shape index (κ2) is 5.62. The molecular weight excluding hydrogens is 262 g/mol. The first-order valence-electron chi connectivity index (χ1n) is 6.57. The van der Waals surface area contributed by atoms with Gasteiger partial charge in [-0.05, 0) is 12.0 Å². The van der Waals surface area contributed by atoms with Gasteiger partial charge in [-0.25, -0.2) is 4.79 Å². The lowest BCUT2D eigenvalue weighted by molar-refractivity contribution is -0.147. The molecule has 0 aromatic carbocycles. The van der Waals surface area contributed by atoms with Crippen LogP contribution in [0.3, 0.4) is 0 Å². The van der Waals surface area contributed by atoms with Gasteiger partial charge in [0.05, 0.1) is 13.2 Å². The molecule has 7 nitrogen and oxygen atoms in total. The van der Waals surface area contributed by atoms with E-state index in [2.05, 4.69) is 5.10 Å². The summed E-state index contributed by atoms with van der Waals surface area (Å²) in [6.45, 7) is 4.66. The fraction of sp³-hybridized carbons (Fsp3) is 0.615. The van der Waals surface area contributed by atoms with Crippen molar-refractivity contribution >= 4 is 11.9 Å². The molecule has 1 amide bonds. The van der Waals surface area contributed by atoms with E-state index in [0.29, 0.717) is 6.61 Å². The van der Waals surface area contributed by atoms with Crippen LogP contribution in [0.25, 0.3) is 0 Å². The van der Waals surface area contributed by atoms with Crippen molar-refractivity contribution in [3.05, 3.63) is 17.5 Å². The number of carboxylic acid groups (broad SMARTS) is 1. The van der Waals surface area contributed by atoms with Crippen LogP contribution in [-0.2, 0) is 16.6 Å². The van der Waals surface area contributed by atoms with Crippen LogP contribution >= 0.6 is 0 Å². The fourth-order valence-electron chi connectivity index (χ4n) is 2.33. The highest BCUT2D eigenvalue weighted by atomic mass is 16.5. The maximum atomic E-state index is 12.4. The Labute approximate surface area is 117 Å². The molecule has 0 saturated carbocycles. The number of rotatable bonds is 3. The zero-order valence-corrected chi connectivity index (χ0v) is 11.9. The molecule has 1 atom stereocenters. The lowest BCUT2D eigenvalue weighted by Crippen LogP contribution is -2.52. The molecule has 2 heterocycles. The van der Waals surface area contributed by atoms with E-state index in [0.717, 1.165) is 5.69 Å². The standard InChI is InChI=1S/C13H19N3O4/c1-8(2)10-6-9(14-15(10)3)12(17)16-4-5-20-7-11(16)13(18)19/h6,8,11H,4-5,7H2,1-3H3,(H,18,19). The number of aryl methyl sites for hydroxylation is 1. The van der Waals surface area contributed by atoms with Crippen molar-refractivity contribution in [2.24, 2.45) is 7.05 Å². The number of hydrogen-bond acceptors (Lipinski definition) is 4. The third-order valence-electron chi connectivity index (χ3n) is 3.40. The van der Waals surface area contributed by atoms with E-state index >= 15 is 0 Å². The summed E-state index contributed by atoms with van der Waals surface area (Å²) in [6, 6.07) is 0.780. The van der Waals surface area contributed by atoms with Gasteiger partial charge in [0.25, 0.3) is 5.91 Å². The zero-order valence-electron chi connectivity index (χ0n) is 11.9. The first-order chi connectivity index (χ1) is 9.41. The summed E-state index contributed by atoms with van der Waals surface area (Å²) in [5, 5.41) is 13.3. The van der Waals surface area contributed by atoms with E-state index in [1.54, 1.807) is 17.8 Å². The highest BCUT2D eigenvalue weighted by molar-refractivity contribution is 5.95. The number of carboxylic acids is 1. The number of carbonyl (C=O) groups excluding carboxylic acids is 1. The Hall–Kier alpha value is -1.89. The molecule has 1 aromatic rings. The van der Waals surface area contributed by atoms with E-state index in [4.69, 9.17) is 9.84 Å². The number of ether oxygens (including phenoxy) is 1. The topological polar surface area (TPSA) is 84.7 Å². The van der Waals surface area contributed by atoms with Crippen LogP contribution < -0.4 is 0 Å². The molecule has 0 bridgehead atoms. The summed E-state index contributed by atoms with van der Waals surface area (Å²) < 4.78 is 6.79. The SMILES string of the molecule is CC(C)c1cc(C(=O)N2CCOCC2C(=O)O)nn1C. The number of morpholine rings is 1. The molecule has 1 fully saturated rings. The number of aliphatic carboxylic acids is 1. The largest absolute Gasteiger partial charge is 0.480 e. The minimum atomic E-state index is -1.06. The Bertz CT molecular complexity index is 524. The van der Waals surface area contributed by atoms with Gasteiger partial charge in [-0.15, -0.1) is 0 Å². The van der Waals surface area contributed by atoms with Gasteiger partial charge in [0.2, 0.25) is 0 Å². The third kappa shape index (κ3) is 2.67. The minimum absolute atomic E-state index is 0.0188. The highest BCUT2D eigenvalue weighted by Gasteiger charge is 2.34. The predicted octanol–water partition coefficient (Wildman–Crippen LogP) is 0.469. The Morgan fingerprint density at radius 3 is 2.75 bits per heavy atom. The van der Waals surface area contributed by atoms with Crippen LogP contribution in [0.5, 0.6) is 0 Å². The summed E-state index contributed by atoms with van der Waals surface area (Å²) in [6.07, 6.45) is 0. The van der Waals surface area contributed by atoms with E-state index in [1.165, 1.54) is 4.90 Å². The average molecular weight is 281 g/mol. The van der Waals surface area contributed by atoms with E-state index in [-0.39, 0.29) is 30.7 Å². The first kappa shape index (κ1) is 14.5. The molecule has 0 aliphatic carbocycles. The molecule has 0 spiro atoms. The summed E-state index contributed by atoms with van der Waals surface area (Å²) in [4.78, 5) is 24.9. The number of amides is 1. The zero-order chi connectivity index (χ0) is 14.9. The van der Waals surface area contributed by atoms with Crippen molar-refractivity contribution in [3.8, 4) is 0 Å². The molecule has 1 N–H and O–H groups in total. The monoisotopic (exact) mass is 281 g/mol. The van der Waals surface area contributed by atoms with E-state index in [1.807, 2.05) is 13.8 Å². The highest BCUT2D eigenvalue weighted by Crippen LogP contribution is 2.17. The van der Waals surface area contributed by atoms with Crippen molar-refractivity contribution in [3.63, 3.8) is 0 Å². The Kier molecular flexibility index (Phi) is 4.08. The quantitative estimate of drug-likeness (QED) is 0.870. The summed E-state index contributed by atoms with van der Waals surface area (Å²) in [5.74, 6) is -1.17. The van der Waals surface area contributed by atoms with Crippen LogP contribution in [-0.4, -0.2) is 57.5 Å². The van der Waals surface area contributed by atoms with Crippen molar-refractivity contribution in [1.29, 1.82) is 0 Å². The Balaban J connectivity index is 2.25. The Morgan fingerprint density at radius 1 is 1.50 bits per heavy atom. The molecule has 1 aromatic heterocycles. The molecule has 1 saturated heterocycles. The van der Waals surface area contributed by atoms with E-state index in [9.17, 15) is 9.59 Å². The summed E-state index contributed by atoms with van der Waals surface area (Å²) in [7, 11) is 1.78. The summed E-state index contributed by atoms with van der Waals surface area (Å²) >= 11 is 0. The van der Waals surface area contributed by atoms with Gasteiger partial charge in [-0.3, -0.25) is 9.48 Å². The molecule has 1 aliphatic heterocycles. The van der Waals surface area contributed by atoms with E-state index < -0.39 is 12.0 Å². The molecule has 20 heavy (non-hydrogen) atoms. The van der Waals surface area contributed by atoms with Crippen LogP contribution in [0.2, 0.25) is 0 Å². The van der Waals surface area contributed by atoms with Crippen LogP contribution in [0.1, 0.15) is 35.9 Å². The fourth-order valence-corrected chi connectivity index (χ4v) is 2.33.